The van der Waals surface area contributed by atoms with E-state index < -0.39 is 64.9 Å². The number of likely N-dealkylation sites (tertiary alicyclic amines) is 1. The van der Waals surface area contributed by atoms with Crippen LogP contribution in [0, 0.1) is 28.5 Å². The number of hydrogen-bond acceptors (Lipinski definition) is 5. The summed E-state index contributed by atoms with van der Waals surface area (Å²) in [4.78, 5) is 57.9. The van der Waals surface area contributed by atoms with E-state index in [0.717, 1.165) is 0 Å². The van der Waals surface area contributed by atoms with E-state index in [1.807, 2.05) is 34.6 Å². The Bertz CT molecular complexity index is 1280. The van der Waals surface area contributed by atoms with E-state index in [1.54, 1.807) is 32.9 Å². The predicted octanol–water partition coefficient (Wildman–Crippen LogP) is 3.42. The molecule has 0 radical (unpaired) electrons. The van der Waals surface area contributed by atoms with Gasteiger partial charge in [-0.2, -0.15) is 0 Å². The van der Waals surface area contributed by atoms with Crippen molar-refractivity contribution >= 4 is 34.4 Å². The molecule has 0 spiro atoms. The van der Waals surface area contributed by atoms with Crippen molar-refractivity contribution in [1.29, 1.82) is 0 Å². The Morgan fingerprint density at radius 3 is 2.38 bits per heavy atom. The molecule has 3 rings (SSSR count). The molecule has 3 amide bonds. The van der Waals surface area contributed by atoms with Crippen LogP contribution in [0.4, 0.5) is 4.39 Å². The molecule has 0 saturated carbocycles. The molecule has 10 heteroatoms. The molecule has 4 N–H and O–H groups in total. The molecule has 2 heterocycles. The Morgan fingerprint density at radius 1 is 1.18 bits per heavy atom. The average Bonchev–Trinajstić information content (AvgIpc) is 3.39. The minimum atomic E-state index is -0.942. The molecule has 1 fully saturated rings. The first-order valence-corrected chi connectivity index (χ1v) is 13.8. The number of carbonyl (C=O) groups excluding carboxylic acids is 4. The number of fused-ring (bicyclic) bond motifs is 1. The SMILES string of the molecule is CC(C)C[C@H](NC(=O)c1cc2c(F)cccc2[nH]1)C(=O)N1C[C@@H](C)C(C)(C)[C@H]1C(=O)N[C@H](C(=O)CO)C(C)(C)C. The lowest BCUT2D eigenvalue weighted by Gasteiger charge is -2.37. The number of halogens is 1. The highest BCUT2D eigenvalue weighted by Gasteiger charge is 2.53. The summed E-state index contributed by atoms with van der Waals surface area (Å²) in [7, 11) is 0. The number of amides is 3. The molecule has 40 heavy (non-hydrogen) atoms. The van der Waals surface area contributed by atoms with Crippen LogP contribution in [0.3, 0.4) is 0 Å². The van der Waals surface area contributed by atoms with Crippen molar-refractivity contribution in [2.45, 2.75) is 79.9 Å². The summed E-state index contributed by atoms with van der Waals surface area (Å²) in [5.74, 6) is -2.42. The van der Waals surface area contributed by atoms with Crippen molar-refractivity contribution in [2.75, 3.05) is 13.2 Å². The quantitative estimate of drug-likeness (QED) is 0.375. The highest BCUT2D eigenvalue weighted by Crippen LogP contribution is 2.42. The number of aromatic nitrogens is 1. The van der Waals surface area contributed by atoms with Crippen LogP contribution in [0.25, 0.3) is 10.9 Å². The van der Waals surface area contributed by atoms with Gasteiger partial charge in [-0.3, -0.25) is 19.2 Å². The van der Waals surface area contributed by atoms with Gasteiger partial charge in [0.1, 0.15) is 30.2 Å². The van der Waals surface area contributed by atoms with Gasteiger partial charge in [0.2, 0.25) is 11.8 Å². The number of aliphatic hydroxyl groups excluding tert-OH is 1. The summed E-state index contributed by atoms with van der Waals surface area (Å²) < 4.78 is 14.2. The van der Waals surface area contributed by atoms with Gasteiger partial charge in [0.25, 0.3) is 5.91 Å². The van der Waals surface area contributed by atoms with Crippen LogP contribution >= 0.6 is 0 Å². The fourth-order valence-electron chi connectivity index (χ4n) is 5.47. The molecule has 1 aliphatic rings. The first-order chi connectivity index (χ1) is 18.5. The number of Topliss-reactive ketones (excluding diaryl/α,β-unsaturated/α-hetero) is 1. The minimum absolute atomic E-state index is 0.0437. The van der Waals surface area contributed by atoms with E-state index in [1.165, 1.54) is 17.0 Å². The maximum atomic E-state index is 14.2. The smallest absolute Gasteiger partial charge is 0.268 e. The highest BCUT2D eigenvalue weighted by atomic mass is 19.1. The largest absolute Gasteiger partial charge is 0.389 e. The second-order valence-electron chi connectivity index (χ2n) is 13.1. The Kier molecular flexibility index (Phi) is 9.13. The number of nitrogens with one attached hydrogen (secondary N) is 3. The molecule has 0 bridgehead atoms. The molecular formula is C30H43FN4O5. The number of benzene rings is 1. The number of H-pyrrole nitrogens is 1. The van der Waals surface area contributed by atoms with Crippen molar-refractivity contribution in [1.82, 2.24) is 20.5 Å². The van der Waals surface area contributed by atoms with E-state index >= 15 is 0 Å². The number of carbonyl (C=O) groups is 4. The molecule has 2 aromatic rings. The second kappa shape index (κ2) is 11.7. The van der Waals surface area contributed by atoms with Crippen molar-refractivity contribution in [2.24, 2.45) is 22.7 Å². The van der Waals surface area contributed by atoms with E-state index in [-0.39, 0.29) is 22.9 Å². The Morgan fingerprint density at radius 2 is 1.82 bits per heavy atom. The van der Waals surface area contributed by atoms with Crippen LogP contribution < -0.4 is 10.6 Å². The van der Waals surface area contributed by atoms with Crippen molar-refractivity contribution in [3.8, 4) is 0 Å². The molecule has 1 aromatic carbocycles. The molecule has 1 saturated heterocycles. The van der Waals surface area contributed by atoms with E-state index in [4.69, 9.17) is 0 Å². The van der Waals surface area contributed by atoms with Gasteiger partial charge in [0.15, 0.2) is 5.78 Å². The number of nitrogens with zero attached hydrogens (tertiary/aromatic N) is 1. The standard InChI is InChI=1S/C30H43FN4O5/c1-16(2)12-22(33-26(38)21-13-18-19(31)10-9-11-20(18)32-21)28(40)35-14-17(3)30(7,8)25(35)27(39)34-24(23(37)15-36)29(4,5)6/h9-11,13,16-17,22,24-25,32,36H,12,14-15H2,1-8H3,(H,33,38)(H,34,39)/t17-,22+,24-,25-/m1/s1. The predicted molar refractivity (Wildman–Crippen MR) is 151 cm³/mol. The third kappa shape index (κ3) is 6.37. The molecule has 0 aliphatic carbocycles. The fourth-order valence-corrected chi connectivity index (χ4v) is 5.47. The van der Waals surface area contributed by atoms with Gasteiger partial charge in [-0.25, -0.2) is 4.39 Å². The molecule has 1 aromatic heterocycles. The normalized spacial score (nSPS) is 20.4. The lowest BCUT2D eigenvalue weighted by molar-refractivity contribution is -0.144. The zero-order chi connectivity index (χ0) is 30.2. The molecule has 1 aliphatic heterocycles. The molecule has 220 valence electrons. The summed E-state index contributed by atoms with van der Waals surface area (Å²) in [6.45, 7) is 14.6. The number of aromatic amines is 1. The van der Waals surface area contributed by atoms with Gasteiger partial charge in [-0.1, -0.05) is 61.5 Å². The lowest BCUT2D eigenvalue weighted by Crippen LogP contribution is -2.60. The van der Waals surface area contributed by atoms with Crippen LogP contribution in [0.1, 0.15) is 72.3 Å². The zero-order valence-electron chi connectivity index (χ0n) is 24.7. The maximum absolute atomic E-state index is 14.2. The third-order valence-corrected chi connectivity index (χ3v) is 8.09. The molecular weight excluding hydrogens is 515 g/mol. The number of rotatable bonds is 9. The number of ketones is 1. The van der Waals surface area contributed by atoms with Gasteiger partial charge in [0, 0.05) is 17.4 Å². The van der Waals surface area contributed by atoms with Gasteiger partial charge >= 0.3 is 0 Å². The number of hydrogen-bond donors (Lipinski definition) is 4. The van der Waals surface area contributed by atoms with Crippen LogP contribution in [0.2, 0.25) is 0 Å². The molecule has 0 unspecified atom stereocenters. The van der Waals surface area contributed by atoms with Crippen LogP contribution in [0.15, 0.2) is 24.3 Å². The van der Waals surface area contributed by atoms with Gasteiger partial charge in [-0.05, 0) is 47.3 Å². The molecule has 9 nitrogen and oxygen atoms in total. The maximum Gasteiger partial charge on any atom is 0.268 e. The third-order valence-electron chi connectivity index (χ3n) is 8.09. The first kappa shape index (κ1) is 31.3. The summed E-state index contributed by atoms with van der Waals surface area (Å²) in [5.41, 5.74) is -0.701. The van der Waals surface area contributed by atoms with Crippen molar-refractivity contribution < 1.29 is 28.7 Å². The monoisotopic (exact) mass is 558 g/mol. The topological polar surface area (TPSA) is 132 Å². The van der Waals surface area contributed by atoms with E-state index in [0.29, 0.717) is 18.5 Å². The summed E-state index contributed by atoms with van der Waals surface area (Å²) in [6, 6.07) is 3.15. The van der Waals surface area contributed by atoms with Crippen molar-refractivity contribution in [3.63, 3.8) is 0 Å². The Hall–Kier alpha value is -3.27. The molecule has 4 atom stereocenters. The average molecular weight is 559 g/mol. The minimum Gasteiger partial charge on any atom is -0.389 e. The van der Waals surface area contributed by atoms with E-state index in [2.05, 4.69) is 15.6 Å². The van der Waals surface area contributed by atoms with Gasteiger partial charge in [0.05, 0.1) is 6.04 Å². The number of aliphatic hydroxyl groups is 1. The fraction of sp³-hybridized carbons (Fsp3) is 0.600. The van der Waals surface area contributed by atoms with Crippen LogP contribution in [-0.2, 0) is 14.4 Å². The second-order valence-corrected chi connectivity index (χ2v) is 13.1. The van der Waals surface area contributed by atoms with Gasteiger partial charge < -0.3 is 25.6 Å². The highest BCUT2D eigenvalue weighted by molar-refractivity contribution is 6.01. The zero-order valence-corrected chi connectivity index (χ0v) is 24.7. The van der Waals surface area contributed by atoms with Crippen LogP contribution in [0.5, 0.6) is 0 Å². The summed E-state index contributed by atoms with van der Waals surface area (Å²) in [5, 5.41) is 15.4. The lowest BCUT2D eigenvalue weighted by atomic mass is 9.76. The summed E-state index contributed by atoms with van der Waals surface area (Å²) in [6.07, 6.45) is 0.326. The first-order valence-electron chi connectivity index (χ1n) is 13.8. The Balaban J connectivity index is 1.91. The Labute approximate surface area is 235 Å². The van der Waals surface area contributed by atoms with Crippen LogP contribution in [-0.4, -0.2) is 69.8 Å². The van der Waals surface area contributed by atoms with Crippen molar-refractivity contribution in [3.05, 3.63) is 35.8 Å². The van der Waals surface area contributed by atoms with E-state index in [9.17, 15) is 28.7 Å². The summed E-state index contributed by atoms with van der Waals surface area (Å²) >= 11 is 0. The van der Waals surface area contributed by atoms with Gasteiger partial charge in [-0.15, -0.1) is 0 Å².